The highest BCUT2D eigenvalue weighted by atomic mass is 16.7. The third kappa shape index (κ3) is 8.33. The number of hydrogen-bond acceptors (Lipinski definition) is 2. The Morgan fingerprint density at radius 1 is 0.864 bits per heavy atom. The van der Waals surface area contributed by atoms with Crippen molar-refractivity contribution in [1.82, 2.24) is 0 Å². The summed E-state index contributed by atoms with van der Waals surface area (Å²) in [7, 11) is 0. The predicted molar refractivity (Wildman–Crippen MR) is 97.1 cm³/mol. The molecule has 0 saturated heterocycles. The fraction of sp³-hybridized carbons (Fsp3) is 0.900. The van der Waals surface area contributed by atoms with E-state index < -0.39 is 5.79 Å². The van der Waals surface area contributed by atoms with Crippen LogP contribution in [0.4, 0.5) is 0 Å². The molecule has 1 unspecified atom stereocenters. The Bertz CT molecular complexity index is 261. The maximum Gasteiger partial charge on any atom is 0.174 e. The highest BCUT2D eigenvalue weighted by Crippen LogP contribution is 2.35. The van der Waals surface area contributed by atoms with Gasteiger partial charge in [0.15, 0.2) is 5.79 Å². The van der Waals surface area contributed by atoms with Crippen LogP contribution in [-0.4, -0.2) is 18.0 Å². The van der Waals surface area contributed by atoms with Crippen molar-refractivity contribution in [3.63, 3.8) is 0 Å². The predicted octanol–water partition coefficient (Wildman–Crippen LogP) is 6.50. The molecule has 0 saturated carbocycles. The van der Waals surface area contributed by atoms with Gasteiger partial charge in [-0.25, -0.2) is 0 Å². The highest BCUT2D eigenvalue weighted by Gasteiger charge is 2.39. The zero-order chi connectivity index (χ0) is 17.0. The van der Waals surface area contributed by atoms with Crippen LogP contribution in [0, 0.1) is 5.92 Å². The first-order chi connectivity index (χ1) is 10.4. The zero-order valence-electron chi connectivity index (χ0n) is 16.0. The lowest BCUT2D eigenvalue weighted by Gasteiger charge is -2.41. The van der Waals surface area contributed by atoms with Crippen LogP contribution in [0.3, 0.4) is 0 Å². The normalized spacial score (nSPS) is 13.8. The Morgan fingerprint density at radius 3 is 1.77 bits per heavy atom. The first kappa shape index (κ1) is 21.7. The summed E-state index contributed by atoms with van der Waals surface area (Å²) in [6.07, 6.45) is 12.2. The molecule has 0 amide bonds. The van der Waals surface area contributed by atoms with Crippen molar-refractivity contribution in [2.75, 3.05) is 0 Å². The molecular formula is C20H40O2. The van der Waals surface area contributed by atoms with Gasteiger partial charge in [0.2, 0.25) is 0 Å². The average Bonchev–Trinajstić information content (AvgIpc) is 2.44. The molecule has 0 heterocycles. The van der Waals surface area contributed by atoms with E-state index in [1.54, 1.807) is 0 Å². The summed E-state index contributed by atoms with van der Waals surface area (Å²) in [6.45, 7) is 16.8. The van der Waals surface area contributed by atoms with Crippen molar-refractivity contribution in [3.8, 4) is 0 Å². The van der Waals surface area contributed by atoms with E-state index in [0.717, 1.165) is 12.8 Å². The lowest BCUT2D eigenvalue weighted by Crippen LogP contribution is -2.46. The topological polar surface area (TPSA) is 18.5 Å². The van der Waals surface area contributed by atoms with Gasteiger partial charge in [0.1, 0.15) is 0 Å². The smallest absolute Gasteiger partial charge is 0.174 e. The molecule has 1 atom stereocenters. The summed E-state index contributed by atoms with van der Waals surface area (Å²) in [5.41, 5.74) is 0. The van der Waals surface area contributed by atoms with E-state index in [-0.39, 0.29) is 18.1 Å². The lowest BCUT2D eigenvalue weighted by molar-refractivity contribution is -0.290. The molecule has 0 fully saturated rings. The van der Waals surface area contributed by atoms with Crippen LogP contribution in [0.25, 0.3) is 0 Å². The maximum absolute atomic E-state index is 6.25. The molecule has 132 valence electrons. The molecule has 0 aromatic heterocycles. The van der Waals surface area contributed by atoms with Crippen molar-refractivity contribution in [1.29, 1.82) is 0 Å². The van der Waals surface area contributed by atoms with Gasteiger partial charge in [0, 0.05) is 5.92 Å². The second-order valence-corrected chi connectivity index (χ2v) is 6.90. The van der Waals surface area contributed by atoms with Gasteiger partial charge in [-0.1, -0.05) is 58.4 Å². The fourth-order valence-corrected chi connectivity index (χ4v) is 3.09. The summed E-state index contributed by atoms with van der Waals surface area (Å²) in [4.78, 5) is 0. The largest absolute Gasteiger partial charge is 0.347 e. The monoisotopic (exact) mass is 312 g/mol. The molecule has 0 aliphatic heterocycles. The number of unbranched alkanes of at least 4 members (excludes halogenated alkanes) is 5. The molecule has 0 aliphatic carbocycles. The number of hydrogen-bond donors (Lipinski definition) is 0. The van der Waals surface area contributed by atoms with Gasteiger partial charge < -0.3 is 9.47 Å². The van der Waals surface area contributed by atoms with Crippen LogP contribution >= 0.6 is 0 Å². The molecule has 0 aromatic carbocycles. The molecular weight excluding hydrogens is 272 g/mol. The van der Waals surface area contributed by atoms with Crippen molar-refractivity contribution in [2.24, 2.45) is 5.92 Å². The van der Waals surface area contributed by atoms with Crippen molar-refractivity contribution in [2.45, 2.75) is 111 Å². The Labute approximate surface area is 139 Å². The third-order valence-electron chi connectivity index (χ3n) is 4.08. The molecule has 0 radical (unpaired) electrons. The second-order valence-electron chi connectivity index (χ2n) is 6.90. The Balaban J connectivity index is 4.65. The van der Waals surface area contributed by atoms with Crippen LogP contribution in [0.5, 0.6) is 0 Å². The summed E-state index contributed by atoms with van der Waals surface area (Å²) in [5, 5.41) is 0. The molecule has 0 rings (SSSR count). The van der Waals surface area contributed by atoms with Crippen LogP contribution in [0.15, 0.2) is 12.7 Å². The van der Waals surface area contributed by atoms with Crippen molar-refractivity contribution >= 4 is 0 Å². The lowest BCUT2D eigenvalue weighted by atomic mass is 9.89. The van der Waals surface area contributed by atoms with Gasteiger partial charge in [0.25, 0.3) is 0 Å². The Morgan fingerprint density at radius 2 is 1.36 bits per heavy atom. The van der Waals surface area contributed by atoms with E-state index in [1.807, 2.05) is 6.08 Å². The minimum Gasteiger partial charge on any atom is -0.347 e. The molecule has 22 heavy (non-hydrogen) atoms. The van der Waals surface area contributed by atoms with Gasteiger partial charge in [-0.15, -0.1) is 6.58 Å². The SMILES string of the molecule is C=CC(CCCCCCCC)C(CC)(OC(C)C)OC(C)C. The standard InChI is InChI=1S/C20H40O2/c1-8-11-12-13-14-15-16-19(9-2)20(10-3,21-17(4)5)22-18(6)7/h9,17-19H,2,8,10-16H2,1,3-7H3. The molecule has 2 nitrogen and oxygen atoms in total. The molecule has 0 aliphatic rings. The van der Waals surface area contributed by atoms with E-state index in [9.17, 15) is 0 Å². The van der Waals surface area contributed by atoms with Crippen LogP contribution in [0.1, 0.15) is 92.9 Å². The molecule has 0 bridgehead atoms. The van der Waals surface area contributed by atoms with E-state index in [4.69, 9.17) is 9.47 Å². The van der Waals surface area contributed by atoms with E-state index >= 15 is 0 Å². The minimum atomic E-state index is -0.520. The number of rotatable bonds is 14. The Kier molecular flexibility index (Phi) is 11.9. The van der Waals surface area contributed by atoms with Crippen LogP contribution in [-0.2, 0) is 9.47 Å². The molecule has 0 N–H and O–H groups in total. The highest BCUT2D eigenvalue weighted by molar-refractivity contribution is 4.92. The van der Waals surface area contributed by atoms with Crippen molar-refractivity contribution in [3.05, 3.63) is 12.7 Å². The summed E-state index contributed by atoms with van der Waals surface area (Å²) in [6, 6.07) is 0. The first-order valence-electron chi connectivity index (χ1n) is 9.40. The minimum absolute atomic E-state index is 0.158. The third-order valence-corrected chi connectivity index (χ3v) is 4.08. The van der Waals surface area contributed by atoms with E-state index in [1.165, 1.54) is 38.5 Å². The van der Waals surface area contributed by atoms with Gasteiger partial charge in [-0.05, 0) is 40.5 Å². The summed E-state index contributed by atoms with van der Waals surface area (Å²) in [5.74, 6) is -0.262. The second kappa shape index (κ2) is 12.1. The molecule has 0 spiro atoms. The zero-order valence-corrected chi connectivity index (χ0v) is 16.0. The van der Waals surface area contributed by atoms with Crippen LogP contribution < -0.4 is 0 Å². The number of ether oxygens (including phenoxy) is 2. The van der Waals surface area contributed by atoms with Gasteiger partial charge in [0.05, 0.1) is 12.2 Å². The average molecular weight is 313 g/mol. The van der Waals surface area contributed by atoms with E-state index in [0.29, 0.717) is 0 Å². The summed E-state index contributed by atoms with van der Waals surface area (Å²) >= 11 is 0. The van der Waals surface area contributed by atoms with Gasteiger partial charge >= 0.3 is 0 Å². The summed E-state index contributed by atoms with van der Waals surface area (Å²) < 4.78 is 12.5. The maximum atomic E-state index is 6.25. The molecule has 0 aromatic rings. The fourth-order valence-electron chi connectivity index (χ4n) is 3.09. The van der Waals surface area contributed by atoms with Crippen molar-refractivity contribution < 1.29 is 9.47 Å². The first-order valence-corrected chi connectivity index (χ1v) is 9.40. The van der Waals surface area contributed by atoms with E-state index in [2.05, 4.69) is 48.1 Å². The Hall–Kier alpha value is -0.340. The van der Waals surface area contributed by atoms with Gasteiger partial charge in [-0.2, -0.15) is 0 Å². The van der Waals surface area contributed by atoms with Crippen LogP contribution in [0.2, 0.25) is 0 Å². The quantitative estimate of drug-likeness (QED) is 0.207. The molecule has 2 heteroatoms. The van der Waals surface area contributed by atoms with Gasteiger partial charge in [-0.3, -0.25) is 0 Å².